The number of rotatable bonds is 9. The molecule has 0 aliphatic carbocycles. The molecule has 0 spiro atoms. The van der Waals surface area contributed by atoms with E-state index in [1.807, 2.05) is 30.5 Å². The molecule has 1 aliphatic heterocycles. The molecule has 1 N–H and O–H groups in total. The number of benzene rings is 1. The lowest BCUT2D eigenvalue weighted by Gasteiger charge is -2.32. The van der Waals surface area contributed by atoms with Gasteiger partial charge in [-0.05, 0) is 37.5 Å². The van der Waals surface area contributed by atoms with E-state index in [-0.39, 0.29) is 24.1 Å². The molecule has 0 unspecified atom stereocenters. The first-order valence-electron chi connectivity index (χ1n) is 10.3. The summed E-state index contributed by atoms with van der Waals surface area (Å²) in [6.07, 6.45) is 2.08. The second kappa shape index (κ2) is 10.4. The number of nitrogens with zero attached hydrogens (tertiary/aromatic N) is 2. The average molecular weight is 468 g/mol. The van der Waals surface area contributed by atoms with Crippen molar-refractivity contribution >= 4 is 27.3 Å². The number of methoxy groups -OCH3 is 2. The predicted molar refractivity (Wildman–Crippen MR) is 121 cm³/mol. The third kappa shape index (κ3) is 6.18. The Balaban J connectivity index is 1.56. The van der Waals surface area contributed by atoms with Gasteiger partial charge in [0.15, 0.2) is 11.5 Å². The molecule has 10 heteroatoms. The minimum atomic E-state index is -3.23. The van der Waals surface area contributed by atoms with Crippen LogP contribution in [0.5, 0.6) is 11.5 Å². The first kappa shape index (κ1) is 23.5. The topological polar surface area (TPSA) is 97.8 Å². The smallest absolute Gasteiger partial charge is 0.228 e. The summed E-state index contributed by atoms with van der Waals surface area (Å²) >= 11 is 1.48. The number of ether oxygens (including phenoxy) is 2. The summed E-state index contributed by atoms with van der Waals surface area (Å²) in [5, 5.41) is 2.71. The van der Waals surface area contributed by atoms with Gasteiger partial charge >= 0.3 is 0 Å². The lowest BCUT2D eigenvalue weighted by atomic mass is 10.1. The molecule has 1 aromatic carbocycles. The molecule has 31 heavy (non-hydrogen) atoms. The van der Waals surface area contributed by atoms with Crippen molar-refractivity contribution in [3.63, 3.8) is 0 Å². The molecule has 1 aromatic heterocycles. The molecule has 2 heterocycles. The van der Waals surface area contributed by atoms with Gasteiger partial charge in [0.2, 0.25) is 15.9 Å². The molecule has 3 rings (SSSR count). The molecule has 0 bridgehead atoms. The zero-order chi connectivity index (χ0) is 22.4. The van der Waals surface area contributed by atoms with Crippen molar-refractivity contribution < 1.29 is 22.7 Å². The normalized spacial score (nSPS) is 15.1. The third-order valence-corrected chi connectivity index (χ3v) is 7.76. The van der Waals surface area contributed by atoms with Crippen LogP contribution in [-0.4, -0.2) is 63.3 Å². The largest absolute Gasteiger partial charge is 0.493 e. The minimum Gasteiger partial charge on any atom is -0.493 e. The van der Waals surface area contributed by atoms with Gasteiger partial charge in [0, 0.05) is 30.1 Å². The number of nitrogens with one attached hydrogen (secondary N) is 1. The summed E-state index contributed by atoms with van der Waals surface area (Å²) < 4.78 is 37.2. The van der Waals surface area contributed by atoms with Crippen LogP contribution in [0.4, 0.5) is 0 Å². The second-order valence-corrected chi connectivity index (χ2v) is 10.2. The number of piperidine rings is 1. The molecule has 0 radical (unpaired) electrons. The van der Waals surface area contributed by atoms with E-state index in [9.17, 15) is 13.2 Å². The van der Waals surface area contributed by atoms with E-state index in [1.54, 1.807) is 19.1 Å². The Hall–Kier alpha value is -2.17. The summed E-state index contributed by atoms with van der Waals surface area (Å²) in [6.45, 7) is 2.94. The van der Waals surface area contributed by atoms with Gasteiger partial charge in [-0.3, -0.25) is 4.79 Å². The van der Waals surface area contributed by atoms with Crippen LogP contribution in [-0.2, 0) is 21.2 Å². The Kier molecular flexibility index (Phi) is 7.90. The molecular weight excluding hydrogens is 438 g/mol. The number of hydrogen-bond donors (Lipinski definition) is 1. The lowest BCUT2D eigenvalue weighted by Crippen LogP contribution is -2.47. The van der Waals surface area contributed by atoms with Crippen molar-refractivity contribution in [2.45, 2.75) is 38.6 Å². The van der Waals surface area contributed by atoms with Gasteiger partial charge < -0.3 is 14.4 Å². The zero-order valence-electron chi connectivity index (χ0n) is 18.1. The quantitative estimate of drug-likeness (QED) is 0.609. The van der Waals surface area contributed by atoms with Gasteiger partial charge in [0.25, 0.3) is 0 Å². The Morgan fingerprint density at radius 1 is 1.23 bits per heavy atom. The van der Waals surface area contributed by atoms with Crippen molar-refractivity contribution in [2.75, 3.05) is 33.1 Å². The van der Waals surface area contributed by atoms with Crippen molar-refractivity contribution in [3.8, 4) is 22.1 Å². The lowest BCUT2D eigenvalue weighted by molar-refractivity contribution is -0.131. The predicted octanol–water partition coefficient (Wildman–Crippen LogP) is 2.69. The van der Waals surface area contributed by atoms with E-state index >= 15 is 0 Å². The zero-order valence-corrected chi connectivity index (χ0v) is 19.7. The number of amides is 1. The highest BCUT2D eigenvalue weighted by atomic mass is 32.2. The minimum absolute atomic E-state index is 0.0130. The number of hydrogen-bond acceptors (Lipinski definition) is 7. The molecule has 0 saturated carbocycles. The maximum atomic E-state index is 12.7. The van der Waals surface area contributed by atoms with Gasteiger partial charge in [-0.1, -0.05) is 6.92 Å². The summed E-state index contributed by atoms with van der Waals surface area (Å²) in [4.78, 5) is 19.1. The SMILES string of the molecule is CCCS(=O)(=O)NC1CCN(C(=O)Cc2csc(-c3ccc(OC)c(OC)c3)n2)CC1. The van der Waals surface area contributed by atoms with Crippen molar-refractivity contribution in [1.82, 2.24) is 14.6 Å². The van der Waals surface area contributed by atoms with E-state index in [4.69, 9.17) is 9.47 Å². The van der Waals surface area contributed by atoms with Crippen LogP contribution in [0.15, 0.2) is 23.6 Å². The van der Waals surface area contributed by atoms with Gasteiger partial charge in [-0.25, -0.2) is 18.1 Å². The van der Waals surface area contributed by atoms with Gasteiger partial charge in [0.05, 0.1) is 32.1 Å². The fourth-order valence-electron chi connectivity index (χ4n) is 3.59. The second-order valence-electron chi connectivity index (χ2n) is 7.48. The third-order valence-electron chi connectivity index (χ3n) is 5.18. The van der Waals surface area contributed by atoms with Crippen LogP contribution >= 0.6 is 11.3 Å². The number of carbonyl (C=O) groups excluding carboxylic acids is 1. The highest BCUT2D eigenvalue weighted by Gasteiger charge is 2.26. The molecule has 170 valence electrons. The van der Waals surface area contributed by atoms with Crippen LogP contribution < -0.4 is 14.2 Å². The molecule has 2 aromatic rings. The number of thiazole rings is 1. The van der Waals surface area contributed by atoms with Crippen LogP contribution in [0, 0.1) is 0 Å². The van der Waals surface area contributed by atoms with E-state index in [0.29, 0.717) is 43.9 Å². The van der Waals surface area contributed by atoms with Crippen LogP contribution in [0.3, 0.4) is 0 Å². The highest BCUT2D eigenvalue weighted by molar-refractivity contribution is 7.89. The highest BCUT2D eigenvalue weighted by Crippen LogP contribution is 2.33. The van der Waals surface area contributed by atoms with E-state index in [1.165, 1.54) is 11.3 Å². The maximum absolute atomic E-state index is 12.7. The first-order valence-corrected chi connectivity index (χ1v) is 12.8. The standard InChI is InChI=1S/C21H29N3O5S2/c1-4-11-31(26,27)23-16-7-9-24(10-8-16)20(25)13-17-14-30-21(22-17)15-5-6-18(28-2)19(12-15)29-3/h5-6,12,14,16,23H,4,7-11,13H2,1-3H3. The molecule has 1 fully saturated rings. The molecule has 1 amide bonds. The molecule has 0 atom stereocenters. The molecular formula is C21H29N3O5S2. The van der Waals surface area contributed by atoms with Crippen molar-refractivity contribution in [2.24, 2.45) is 0 Å². The monoisotopic (exact) mass is 467 g/mol. The first-order chi connectivity index (χ1) is 14.8. The van der Waals surface area contributed by atoms with E-state index < -0.39 is 10.0 Å². The molecule has 1 aliphatic rings. The number of sulfonamides is 1. The van der Waals surface area contributed by atoms with Crippen molar-refractivity contribution in [1.29, 1.82) is 0 Å². The van der Waals surface area contributed by atoms with Gasteiger partial charge in [0.1, 0.15) is 5.01 Å². The molecule has 8 nitrogen and oxygen atoms in total. The van der Waals surface area contributed by atoms with Gasteiger partial charge in [-0.2, -0.15) is 0 Å². The van der Waals surface area contributed by atoms with Crippen LogP contribution in [0.1, 0.15) is 31.9 Å². The van der Waals surface area contributed by atoms with Crippen LogP contribution in [0.25, 0.3) is 10.6 Å². The summed E-state index contributed by atoms with van der Waals surface area (Å²) in [5.74, 6) is 1.43. The van der Waals surface area contributed by atoms with E-state index in [0.717, 1.165) is 16.3 Å². The van der Waals surface area contributed by atoms with Crippen molar-refractivity contribution in [3.05, 3.63) is 29.3 Å². The summed E-state index contributed by atoms with van der Waals surface area (Å²) in [6, 6.07) is 5.51. The van der Waals surface area contributed by atoms with Gasteiger partial charge in [-0.15, -0.1) is 11.3 Å². The Labute approximate surface area is 187 Å². The fraction of sp³-hybridized carbons (Fsp3) is 0.524. The number of aromatic nitrogens is 1. The Morgan fingerprint density at radius 3 is 2.58 bits per heavy atom. The Morgan fingerprint density at radius 2 is 1.94 bits per heavy atom. The summed E-state index contributed by atoms with van der Waals surface area (Å²) in [5.41, 5.74) is 1.63. The Bertz CT molecular complexity index is 998. The number of likely N-dealkylation sites (tertiary alicyclic amines) is 1. The molecule has 1 saturated heterocycles. The maximum Gasteiger partial charge on any atom is 0.228 e. The fourth-order valence-corrected chi connectivity index (χ4v) is 5.80. The average Bonchev–Trinajstić information content (AvgIpc) is 3.21. The number of carbonyl (C=O) groups is 1. The van der Waals surface area contributed by atoms with Crippen LogP contribution in [0.2, 0.25) is 0 Å². The summed E-state index contributed by atoms with van der Waals surface area (Å²) in [7, 11) is -0.0499. The van der Waals surface area contributed by atoms with E-state index in [2.05, 4.69) is 9.71 Å².